The van der Waals surface area contributed by atoms with Crippen LogP contribution in [0.3, 0.4) is 0 Å². The van der Waals surface area contributed by atoms with Crippen LogP contribution >= 0.6 is 11.6 Å². The Morgan fingerprint density at radius 3 is 2.68 bits per heavy atom. The largest absolute Gasteiger partial charge is 0.481 e. The highest BCUT2D eigenvalue weighted by Gasteiger charge is 2.13. The summed E-state index contributed by atoms with van der Waals surface area (Å²) in [4.78, 5) is 35.1. The molecule has 0 radical (unpaired) electrons. The summed E-state index contributed by atoms with van der Waals surface area (Å²) in [7, 11) is 0. The van der Waals surface area contributed by atoms with Crippen molar-refractivity contribution in [1.82, 2.24) is 0 Å². The Bertz CT molecular complexity index is 1120. The van der Waals surface area contributed by atoms with Crippen LogP contribution in [0.25, 0.3) is 11.0 Å². The van der Waals surface area contributed by atoms with Gasteiger partial charge in [-0.2, -0.15) is 0 Å². The van der Waals surface area contributed by atoms with E-state index in [1.807, 2.05) is 0 Å². The maximum Gasteiger partial charge on any atom is 0.344 e. The SMILES string of the molecule is Cc1cc2oc(=O)cc(COC(=O)COc3ccccc3C(N)=O)c2cc1Cl. The minimum Gasteiger partial charge on any atom is -0.481 e. The second kappa shape index (κ2) is 8.14. The van der Waals surface area contributed by atoms with E-state index in [1.54, 1.807) is 31.2 Å². The standard InChI is InChI=1S/C20H16ClNO6/c1-11-6-17-14(8-15(11)21)12(7-18(23)28-17)9-27-19(24)10-26-16-5-3-2-4-13(16)20(22)25/h2-8H,9-10H2,1H3,(H2,22,25). The van der Waals surface area contributed by atoms with Crippen LogP contribution in [0.4, 0.5) is 0 Å². The molecule has 1 amide bonds. The number of esters is 1. The van der Waals surface area contributed by atoms with Gasteiger partial charge in [-0.3, -0.25) is 4.79 Å². The van der Waals surface area contributed by atoms with E-state index in [2.05, 4.69) is 0 Å². The maximum atomic E-state index is 12.0. The number of hydrogen-bond acceptors (Lipinski definition) is 6. The molecule has 2 aromatic carbocycles. The molecule has 0 aliphatic carbocycles. The van der Waals surface area contributed by atoms with E-state index in [9.17, 15) is 14.4 Å². The van der Waals surface area contributed by atoms with E-state index in [0.29, 0.717) is 21.6 Å². The van der Waals surface area contributed by atoms with Crippen LogP contribution in [-0.2, 0) is 16.1 Å². The highest BCUT2D eigenvalue weighted by molar-refractivity contribution is 6.32. The van der Waals surface area contributed by atoms with Crippen LogP contribution in [-0.4, -0.2) is 18.5 Å². The topological polar surface area (TPSA) is 109 Å². The van der Waals surface area contributed by atoms with Gasteiger partial charge in [0.25, 0.3) is 5.91 Å². The number of halogens is 1. The van der Waals surface area contributed by atoms with Crippen LogP contribution in [0.15, 0.2) is 51.7 Å². The molecule has 0 saturated carbocycles. The maximum absolute atomic E-state index is 12.0. The lowest BCUT2D eigenvalue weighted by Crippen LogP contribution is -2.18. The number of carbonyl (C=O) groups is 2. The Morgan fingerprint density at radius 2 is 1.93 bits per heavy atom. The molecule has 3 aromatic rings. The molecule has 28 heavy (non-hydrogen) atoms. The average molecular weight is 402 g/mol. The van der Waals surface area contributed by atoms with Crippen molar-refractivity contribution in [3.8, 4) is 5.75 Å². The number of benzene rings is 2. The second-order valence-corrected chi connectivity index (χ2v) is 6.41. The van der Waals surface area contributed by atoms with Crippen molar-refractivity contribution in [1.29, 1.82) is 0 Å². The molecule has 1 aromatic heterocycles. The minimum absolute atomic E-state index is 0.159. The summed E-state index contributed by atoms with van der Waals surface area (Å²) in [6.45, 7) is 1.19. The molecule has 3 rings (SSSR count). The van der Waals surface area contributed by atoms with Gasteiger partial charge in [0.05, 0.1) is 5.56 Å². The highest BCUT2D eigenvalue weighted by Crippen LogP contribution is 2.25. The molecular formula is C20H16ClNO6. The molecule has 0 aliphatic rings. The number of primary amides is 1. The number of para-hydroxylation sites is 1. The lowest BCUT2D eigenvalue weighted by Gasteiger charge is -2.10. The van der Waals surface area contributed by atoms with Crippen LogP contribution in [0.2, 0.25) is 5.02 Å². The zero-order valence-corrected chi connectivity index (χ0v) is 15.6. The molecule has 0 fully saturated rings. The van der Waals surface area contributed by atoms with E-state index in [4.69, 9.17) is 31.2 Å². The number of ether oxygens (including phenoxy) is 2. The molecule has 2 N–H and O–H groups in total. The van der Waals surface area contributed by atoms with Gasteiger partial charge >= 0.3 is 11.6 Å². The van der Waals surface area contributed by atoms with Crippen molar-refractivity contribution in [2.24, 2.45) is 5.73 Å². The fourth-order valence-electron chi connectivity index (χ4n) is 2.60. The fraction of sp³-hybridized carbons (Fsp3) is 0.150. The van der Waals surface area contributed by atoms with E-state index in [1.165, 1.54) is 18.2 Å². The van der Waals surface area contributed by atoms with Crippen molar-refractivity contribution >= 4 is 34.4 Å². The average Bonchev–Trinajstić information content (AvgIpc) is 2.66. The first-order valence-corrected chi connectivity index (χ1v) is 8.63. The summed E-state index contributed by atoms with van der Waals surface area (Å²) in [6.07, 6.45) is 0. The summed E-state index contributed by atoms with van der Waals surface area (Å²) in [5, 5.41) is 1.07. The third kappa shape index (κ3) is 4.32. The summed E-state index contributed by atoms with van der Waals surface area (Å²) in [5.74, 6) is -1.17. The molecule has 0 unspecified atom stereocenters. The summed E-state index contributed by atoms with van der Waals surface area (Å²) in [5.41, 5.74) is 6.43. The Labute approximate surface area is 164 Å². The monoisotopic (exact) mass is 401 g/mol. The predicted octanol–water partition coefficient (Wildman–Crippen LogP) is 2.98. The van der Waals surface area contributed by atoms with Gasteiger partial charge in [-0.25, -0.2) is 9.59 Å². The van der Waals surface area contributed by atoms with E-state index in [0.717, 1.165) is 5.56 Å². The summed E-state index contributed by atoms with van der Waals surface area (Å²) < 4.78 is 15.7. The van der Waals surface area contributed by atoms with Crippen molar-refractivity contribution in [2.45, 2.75) is 13.5 Å². The molecule has 1 heterocycles. The van der Waals surface area contributed by atoms with E-state index in [-0.39, 0.29) is 17.9 Å². The van der Waals surface area contributed by atoms with Crippen molar-refractivity contribution < 1.29 is 23.5 Å². The lowest BCUT2D eigenvalue weighted by molar-refractivity contribution is -0.147. The van der Waals surface area contributed by atoms with Crippen molar-refractivity contribution in [3.05, 3.63) is 74.6 Å². The zero-order valence-electron chi connectivity index (χ0n) is 14.9. The third-order valence-corrected chi connectivity index (χ3v) is 4.40. The first kappa shape index (κ1) is 19.4. The molecule has 8 heteroatoms. The van der Waals surface area contributed by atoms with Crippen LogP contribution in [0.5, 0.6) is 5.75 Å². The normalized spacial score (nSPS) is 10.6. The van der Waals surface area contributed by atoms with E-state index < -0.39 is 24.1 Å². The van der Waals surface area contributed by atoms with Gasteiger partial charge in [-0.05, 0) is 36.8 Å². The molecule has 0 spiro atoms. The number of rotatable bonds is 6. The van der Waals surface area contributed by atoms with Crippen LogP contribution < -0.4 is 16.1 Å². The Morgan fingerprint density at radius 1 is 1.18 bits per heavy atom. The number of carbonyl (C=O) groups excluding carboxylic acids is 2. The van der Waals surface area contributed by atoms with Gasteiger partial charge in [-0.1, -0.05) is 23.7 Å². The Balaban J connectivity index is 1.71. The van der Waals surface area contributed by atoms with Crippen LogP contribution in [0.1, 0.15) is 21.5 Å². The number of hydrogen-bond donors (Lipinski definition) is 1. The number of fused-ring (bicyclic) bond motifs is 1. The van der Waals surface area contributed by atoms with Crippen molar-refractivity contribution in [2.75, 3.05) is 6.61 Å². The zero-order chi connectivity index (χ0) is 20.3. The lowest BCUT2D eigenvalue weighted by atomic mass is 10.1. The van der Waals surface area contributed by atoms with Gasteiger partial charge in [0.15, 0.2) is 6.61 Å². The molecule has 0 aliphatic heterocycles. The Hall–Kier alpha value is -3.32. The third-order valence-electron chi connectivity index (χ3n) is 4.00. The molecule has 7 nitrogen and oxygen atoms in total. The quantitative estimate of drug-likeness (QED) is 0.502. The second-order valence-electron chi connectivity index (χ2n) is 6.00. The summed E-state index contributed by atoms with van der Waals surface area (Å²) >= 11 is 6.13. The number of nitrogens with two attached hydrogens (primary N) is 1. The fourth-order valence-corrected chi connectivity index (χ4v) is 2.76. The molecule has 0 bridgehead atoms. The number of amides is 1. The molecule has 144 valence electrons. The first-order valence-electron chi connectivity index (χ1n) is 8.25. The molecule has 0 atom stereocenters. The van der Waals surface area contributed by atoms with Gasteiger partial charge in [0.1, 0.15) is 17.9 Å². The smallest absolute Gasteiger partial charge is 0.344 e. The summed E-state index contributed by atoms with van der Waals surface area (Å²) in [6, 6.07) is 10.8. The first-order chi connectivity index (χ1) is 13.3. The predicted molar refractivity (Wildman–Crippen MR) is 102 cm³/mol. The van der Waals surface area contributed by atoms with E-state index >= 15 is 0 Å². The minimum atomic E-state index is -0.682. The molecular weight excluding hydrogens is 386 g/mol. The Kier molecular flexibility index (Phi) is 5.65. The highest BCUT2D eigenvalue weighted by atomic mass is 35.5. The van der Waals surface area contributed by atoms with Gasteiger partial charge in [0, 0.05) is 22.0 Å². The van der Waals surface area contributed by atoms with Gasteiger partial charge in [-0.15, -0.1) is 0 Å². The molecule has 0 saturated heterocycles. The van der Waals surface area contributed by atoms with Gasteiger partial charge in [0.2, 0.25) is 0 Å². The van der Waals surface area contributed by atoms with Crippen LogP contribution in [0, 0.1) is 6.92 Å². The van der Waals surface area contributed by atoms with Gasteiger partial charge < -0.3 is 19.6 Å². The number of aryl methyl sites for hydroxylation is 1. The van der Waals surface area contributed by atoms with Crippen molar-refractivity contribution in [3.63, 3.8) is 0 Å².